The largest absolute Gasteiger partial charge is 0.352 e. The van der Waals surface area contributed by atoms with E-state index in [-0.39, 0.29) is 35.4 Å². The fraction of sp³-hybridized carbons (Fsp3) is 0.217. The molecule has 9 heteroatoms. The number of alkyl halides is 2. The van der Waals surface area contributed by atoms with Crippen molar-refractivity contribution in [3.8, 4) is 0 Å². The van der Waals surface area contributed by atoms with E-state index in [2.05, 4.69) is 10.8 Å². The maximum absolute atomic E-state index is 14.3. The van der Waals surface area contributed by atoms with Crippen molar-refractivity contribution < 1.29 is 27.2 Å². The van der Waals surface area contributed by atoms with E-state index in [0.29, 0.717) is 12.0 Å². The van der Waals surface area contributed by atoms with E-state index in [9.17, 15) is 27.2 Å². The Kier molecular flexibility index (Phi) is 4.53. The fourth-order valence-electron chi connectivity index (χ4n) is 4.14. The zero-order valence-electron chi connectivity index (χ0n) is 16.5. The second-order valence-corrected chi connectivity index (χ2v) is 7.77. The first-order valence-corrected chi connectivity index (χ1v) is 9.84. The van der Waals surface area contributed by atoms with Gasteiger partial charge < -0.3 is 4.90 Å². The second-order valence-electron chi connectivity index (χ2n) is 7.77. The van der Waals surface area contributed by atoms with Crippen LogP contribution in [0, 0.1) is 11.6 Å². The molecule has 1 aliphatic carbocycles. The molecular weight excluding hydrogens is 426 g/mol. The van der Waals surface area contributed by atoms with Gasteiger partial charge in [-0.1, -0.05) is 18.2 Å². The highest BCUT2D eigenvalue weighted by molar-refractivity contribution is 6.06. The molecule has 0 saturated heterocycles. The molecule has 1 atom stereocenters. The smallest absolute Gasteiger partial charge is 0.302 e. The van der Waals surface area contributed by atoms with Gasteiger partial charge in [0.15, 0.2) is 0 Å². The van der Waals surface area contributed by atoms with Crippen LogP contribution in [0.3, 0.4) is 0 Å². The average molecular weight is 441 g/mol. The van der Waals surface area contributed by atoms with Crippen LogP contribution in [0.2, 0.25) is 0 Å². The summed E-state index contributed by atoms with van der Waals surface area (Å²) in [7, 11) is 0. The number of nitrogens with zero attached hydrogens (tertiary/aromatic N) is 3. The van der Waals surface area contributed by atoms with Crippen molar-refractivity contribution in [2.45, 2.75) is 24.8 Å². The Bertz CT molecular complexity index is 1240. The first-order valence-electron chi connectivity index (χ1n) is 9.84. The van der Waals surface area contributed by atoms with E-state index in [1.165, 1.54) is 24.4 Å². The third kappa shape index (κ3) is 3.13. The first kappa shape index (κ1) is 20.2. The Balaban J connectivity index is 1.36. The molecule has 2 amide bonds. The van der Waals surface area contributed by atoms with Crippen LogP contribution in [0.25, 0.3) is 0 Å². The first-order chi connectivity index (χ1) is 15.3. The molecule has 2 heterocycles. The van der Waals surface area contributed by atoms with Gasteiger partial charge in [0.2, 0.25) is 0 Å². The van der Waals surface area contributed by atoms with E-state index < -0.39 is 35.4 Å². The number of hydrogen-bond acceptors (Lipinski definition) is 3. The van der Waals surface area contributed by atoms with Gasteiger partial charge >= 0.3 is 11.8 Å². The highest BCUT2D eigenvalue weighted by Crippen LogP contribution is 2.44. The SMILES string of the molecule is O=C(C1=C=C(CN2C(=O)C(F)(F)c3ccccc32)C1)N1N=CCC1c1cc(F)cc(F)c1. The molecule has 5 rings (SSSR count). The number of carbonyl (C=O) groups is 2. The monoisotopic (exact) mass is 441 g/mol. The summed E-state index contributed by atoms with van der Waals surface area (Å²) >= 11 is 0. The van der Waals surface area contributed by atoms with Crippen molar-refractivity contribution in [2.75, 3.05) is 11.4 Å². The van der Waals surface area contributed by atoms with E-state index >= 15 is 0 Å². The minimum Gasteiger partial charge on any atom is -0.302 e. The summed E-state index contributed by atoms with van der Waals surface area (Å²) in [5.41, 5.74) is 3.68. The number of hydrazone groups is 1. The van der Waals surface area contributed by atoms with Crippen molar-refractivity contribution in [3.63, 3.8) is 0 Å². The van der Waals surface area contributed by atoms with Crippen molar-refractivity contribution in [3.05, 3.63) is 82.1 Å². The van der Waals surface area contributed by atoms with Gasteiger partial charge in [-0.05, 0) is 29.3 Å². The predicted octanol–water partition coefficient (Wildman–Crippen LogP) is 4.22. The van der Waals surface area contributed by atoms with Crippen LogP contribution in [-0.4, -0.2) is 29.6 Å². The summed E-state index contributed by atoms with van der Waals surface area (Å²) in [6.07, 6.45) is 1.93. The Hall–Kier alpha value is -3.71. The number of amides is 2. The molecule has 5 nitrogen and oxygen atoms in total. The number of carbonyl (C=O) groups excluding carboxylic acids is 2. The Morgan fingerprint density at radius 1 is 1.16 bits per heavy atom. The number of benzene rings is 2. The van der Waals surface area contributed by atoms with Crippen LogP contribution < -0.4 is 4.90 Å². The highest BCUT2D eigenvalue weighted by atomic mass is 19.3. The van der Waals surface area contributed by atoms with Crippen molar-refractivity contribution in [1.82, 2.24) is 5.01 Å². The molecular formula is C23H15F4N3O2. The van der Waals surface area contributed by atoms with Crippen LogP contribution in [0.5, 0.6) is 0 Å². The van der Waals surface area contributed by atoms with E-state index in [4.69, 9.17) is 0 Å². The number of rotatable bonds is 4. The molecule has 2 aromatic rings. The minimum absolute atomic E-state index is 0.107. The van der Waals surface area contributed by atoms with Crippen LogP contribution in [0.15, 0.2) is 64.4 Å². The average Bonchev–Trinajstić information content (AvgIpc) is 3.27. The van der Waals surface area contributed by atoms with Crippen LogP contribution in [0.4, 0.5) is 23.2 Å². The summed E-state index contributed by atoms with van der Waals surface area (Å²) in [5.74, 6) is -6.91. The number of halogens is 4. The lowest BCUT2D eigenvalue weighted by atomic mass is 9.94. The Labute approximate surface area is 179 Å². The predicted molar refractivity (Wildman–Crippen MR) is 107 cm³/mol. The molecule has 0 aromatic heterocycles. The van der Waals surface area contributed by atoms with E-state index in [1.807, 2.05) is 0 Å². The number of fused-ring (bicyclic) bond motifs is 1. The molecule has 1 unspecified atom stereocenters. The van der Waals surface area contributed by atoms with Gasteiger partial charge in [0.1, 0.15) is 11.6 Å². The van der Waals surface area contributed by atoms with E-state index in [1.54, 1.807) is 6.07 Å². The molecule has 0 saturated carbocycles. The molecule has 2 aliphatic heterocycles. The number of anilines is 1. The zero-order chi connectivity index (χ0) is 22.6. The minimum atomic E-state index is -3.60. The molecule has 0 bridgehead atoms. The molecule has 3 aliphatic rings. The summed E-state index contributed by atoms with van der Waals surface area (Å²) in [6, 6.07) is 8.07. The van der Waals surface area contributed by atoms with Gasteiger partial charge in [-0.2, -0.15) is 13.9 Å². The summed E-state index contributed by atoms with van der Waals surface area (Å²) in [5, 5.41) is 5.16. The van der Waals surface area contributed by atoms with Gasteiger partial charge in [0.05, 0.1) is 29.4 Å². The lowest BCUT2D eigenvalue weighted by Crippen LogP contribution is -2.37. The van der Waals surface area contributed by atoms with Gasteiger partial charge in [-0.3, -0.25) is 9.59 Å². The number of hydrogen-bond donors (Lipinski definition) is 0. The second kappa shape index (κ2) is 7.17. The Morgan fingerprint density at radius 3 is 2.56 bits per heavy atom. The third-order valence-corrected chi connectivity index (χ3v) is 5.68. The molecule has 0 fully saturated rings. The topological polar surface area (TPSA) is 53.0 Å². The fourth-order valence-corrected chi connectivity index (χ4v) is 4.14. The maximum atomic E-state index is 14.3. The zero-order valence-corrected chi connectivity index (χ0v) is 16.5. The van der Waals surface area contributed by atoms with Crippen LogP contribution in [-0.2, 0) is 15.5 Å². The normalized spacial score (nSPS) is 20.8. The van der Waals surface area contributed by atoms with Gasteiger partial charge in [-0.15, -0.1) is 5.73 Å². The lowest BCUT2D eigenvalue weighted by molar-refractivity contribution is -0.141. The Morgan fingerprint density at radius 2 is 1.84 bits per heavy atom. The quantitative estimate of drug-likeness (QED) is 0.527. The van der Waals surface area contributed by atoms with Crippen LogP contribution in [0.1, 0.15) is 30.0 Å². The molecule has 162 valence electrons. The van der Waals surface area contributed by atoms with Crippen LogP contribution >= 0.6 is 0 Å². The number of para-hydroxylation sites is 1. The van der Waals surface area contributed by atoms with Crippen molar-refractivity contribution >= 4 is 23.7 Å². The maximum Gasteiger partial charge on any atom is 0.352 e. The molecule has 2 aromatic carbocycles. The van der Waals surface area contributed by atoms with Gasteiger partial charge in [-0.25, -0.2) is 13.8 Å². The van der Waals surface area contributed by atoms with E-state index in [0.717, 1.165) is 28.1 Å². The third-order valence-electron chi connectivity index (χ3n) is 5.68. The lowest BCUT2D eigenvalue weighted by Gasteiger charge is -2.26. The summed E-state index contributed by atoms with van der Waals surface area (Å²) in [6.45, 7) is -0.107. The standard InChI is InChI=1S/C23H15F4N3O2/c24-16-9-14(10-17(25)11-16)19-5-6-28-30(19)21(31)15-7-13(8-15)12-29-20-4-2-1-3-18(20)23(26,27)22(29)32/h1-4,6,9-11,19H,5,7,12H2. The molecule has 0 radical (unpaired) electrons. The van der Waals surface area contributed by atoms with Crippen molar-refractivity contribution in [1.29, 1.82) is 0 Å². The van der Waals surface area contributed by atoms with Gasteiger partial charge in [0, 0.05) is 25.1 Å². The molecule has 32 heavy (non-hydrogen) atoms. The van der Waals surface area contributed by atoms with Gasteiger partial charge in [0.25, 0.3) is 5.91 Å². The molecule has 0 N–H and O–H groups in total. The highest BCUT2D eigenvalue weighted by Gasteiger charge is 2.52. The summed E-state index contributed by atoms with van der Waals surface area (Å²) in [4.78, 5) is 26.0. The summed E-state index contributed by atoms with van der Waals surface area (Å²) < 4.78 is 55.7. The van der Waals surface area contributed by atoms with Crippen molar-refractivity contribution in [2.24, 2.45) is 5.10 Å². The molecule has 0 spiro atoms.